The normalized spacial score (nSPS) is 12.2. The minimum atomic E-state index is -3.87. The summed E-state index contributed by atoms with van der Waals surface area (Å²) in [6.45, 7) is 0. The Labute approximate surface area is 183 Å². The molecule has 156 valence electrons. The second kappa shape index (κ2) is 6.73. The molecule has 0 saturated carbocycles. The largest absolute Gasteiger partial charge is 0.326 e. The molecule has 0 N–H and O–H groups in total. The molecule has 0 aliphatic heterocycles. The second-order valence-corrected chi connectivity index (χ2v) is 9.44. The number of hydrogen-bond acceptors (Lipinski definition) is 5. The highest BCUT2D eigenvalue weighted by molar-refractivity contribution is 7.91. The van der Waals surface area contributed by atoms with Crippen LogP contribution in [-0.2, 0) is 16.9 Å². The Bertz CT molecular complexity index is 1750. The number of sulfone groups is 1. The summed E-state index contributed by atoms with van der Waals surface area (Å²) in [7, 11) is -2.02. The molecule has 0 unspecified atom stereocenters. The van der Waals surface area contributed by atoms with E-state index in [1.165, 1.54) is 0 Å². The Balaban J connectivity index is 1.74. The Hall–Kier alpha value is -4.04. The minimum Gasteiger partial charge on any atom is -0.326 e. The average Bonchev–Trinajstić information content (AvgIpc) is 3.36. The highest BCUT2D eigenvalue weighted by Gasteiger charge is 2.27. The topological polar surface area (TPSA) is 82.2 Å². The SMILES string of the molecule is Cn1c(-c2nc3nc4ccccc4n3cc2S(=O)(=O)c2ccccc2)nc2ccccc21. The Morgan fingerprint density at radius 2 is 1.34 bits per heavy atom. The summed E-state index contributed by atoms with van der Waals surface area (Å²) < 4.78 is 31.1. The van der Waals surface area contributed by atoms with Crippen LogP contribution in [0.1, 0.15) is 0 Å². The van der Waals surface area contributed by atoms with Crippen molar-refractivity contribution in [2.75, 3.05) is 0 Å². The molecule has 0 radical (unpaired) electrons. The Kier molecular flexibility index (Phi) is 3.93. The molecule has 32 heavy (non-hydrogen) atoms. The van der Waals surface area contributed by atoms with Crippen molar-refractivity contribution in [1.82, 2.24) is 23.9 Å². The van der Waals surface area contributed by atoms with Gasteiger partial charge in [-0.1, -0.05) is 42.5 Å². The second-order valence-electron chi connectivity index (χ2n) is 7.52. The fourth-order valence-corrected chi connectivity index (χ4v) is 5.42. The summed E-state index contributed by atoms with van der Waals surface area (Å²) in [4.78, 5) is 14.3. The first-order chi connectivity index (χ1) is 15.5. The summed E-state index contributed by atoms with van der Waals surface area (Å²) in [6.07, 6.45) is 1.61. The highest BCUT2D eigenvalue weighted by Crippen LogP contribution is 2.32. The van der Waals surface area contributed by atoms with E-state index >= 15 is 0 Å². The van der Waals surface area contributed by atoms with Gasteiger partial charge >= 0.3 is 0 Å². The van der Waals surface area contributed by atoms with Crippen molar-refractivity contribution < 1.29 is 8.42 Å². The standard InChI is InChI=1S/C24H17N5O2S/c1-28-19-13-7-5-11-17(19)25-23(28)22-21(32(30,31)16-9-3-2-4-10-16)15-29-20-14-8-6-12-18(20)26-24(29)27-22/h2-15H,1H3. The van der Waals surface area contributed by atoms with Gasteiger partial charge in [-0.05, 0) is 36.4 Å². The molecule has 0 fully saturated rings. The van der Waals surface area contributed by atoms with Crippen LogP contribution in [0.25, 0.3) is 39.4 Å². The lowest BCUT2D eigenvalue weighted by molar-refractivity contribution is 0.595. The molecular formula is C24H17N5O2S. The third kappa shape index (κ3) is 2.66. The van der Waals surface area contributed by atoms with Crippen molar-refractivity contribution >= 4 is 37.7 Å². The van der Waals surface area contributed by atoms with E-state index in [0.29, 0.717) is 11.6 Å². The molecule has 0 atom stereocenters. The maximum atomic E-state index is 13.7. The number of rotatable bonds is 3. The van der Waals surface area contributed by atoms with E-state index in [9.17, 15) is 8.42 Å². The maximum Gasteiger partial charge on any atom is 0.235 e. The lowest BCUT2D eigenvalue weighted by Gasteiger charge is -2.11. The highest BCUT2D eigenvalue weighted by atomic mass is 32.2. The molecule has 3 aromatic heterocycles. The van der Waals surface area contributed by atoms with Crippen LogP contribution < -0.4 is 0 Å². The Morgan fingerprint density at radius 1 is 0.719 bits per heavy atom. The van der Waals surface area contributed by atoms with E-state index in [4.69, 9.17) is 9.97 Å². The van der Waals surface area contributed by atoms with Crippen LogP contribution in [0.2, 0.25) is 0 Å². The van der Waals surface area contributed by atoms with Crippen LogP contribution in [0.15, 0.2) is 94.9 Å². The van der Waals surface area contributed by atoms with Crippen molar-refractivity contribution in [3.05, 3.63) is 85.1 Å². The van der Waals surface area contributed by atoms with Gasteiger partial charge in [-0.2, -0.15) is 0 Å². The zero-order valence-corrected chi connectivity index (χ0v) is 17.9. The van der Waals surface area contributed by atoms with Crippen LogP contribution in [0.4, 0.5) is 0 Å². The predicted octanol–water partition coefficient (Wildman–Crippen LogP) is 4.27. The summed E-state index contributed by atoms with van der Waals surface area (Å²) in [5, 5.41) is 0. The molecule has 3 aromatic carbocycles. The van der Waals surface area contributed by atoms with E-state index in [1.54, 1.807) is 40.9 Å². The van der Waals surface area contributed by atoms with Crippen LogP contribution >= 0.6 is 0 Å². The quantitative estimate of drug-likeness (QED) is 0.411. The van der Waals surface area contributed by atoms with Crippen molar-refractivity contribution in [1.29, 1.82) is 0 Å². The van der Waals surface area contributed by atoms with Gasteiger partial charge in [-0.3, -0.25) is 4.40 Å². The summed E-state index contributed by atoms with van der Waals surface area (Å²) in [5.41, 5.74) is 3.46. The van der Waals surface area contributed by atoms with Crippen LogP contribution in [0.3, 0.4) is 0 Å². The lowest BCUT2D eigenvalue weighted by Crippen LogP contribution is -2.09. The number of benzene rings is 3. The van der Waals surface area contributed by atoms with Gasteiger partial charge < -0.3 is 4.57 Å². The maximum absolute atomic E-state index is 13.7. The number of nitrogens with zero attached hydrogens (tertiary/aromatic N) is 5. The number of aromatic nitrogens is 5. The van der Waals surface area contributed by atoms with Gasteiger partial charge in [-0.25, -0.2) is 23.4 Å². The fourth-order valence-electron chi connectivity index (χ4n) is 4.01. The van der Waals surface area contributed by atoms with Gasteiger partial charge in [0.2, 0.25) is 15.6 Å². The Morgan fingerprint density at radius 3 is 2.06 bits per heavy atom. The van der Waals surface area contributed by atoms with E-state index < -0.39 is 9.84 Å². The third-order valence-corrected chi connectivity index (χ3v) is 7.38. The number of imidazole rings is 2. The van der Waals surface area contributed by atoms with Gasteiger partial charge in [0.15, 0.2) is 5.82 Å². The number of hydrogen-bond donors (Lipinski definition) is 0. The van der Waals surface area contributed by atoms with Crippen molar-refractivity contribution in [3.63, 3.8) is 0 Å². The first-order valence-electron chi connectivity index (χ1n) is 10.0. The molecule has 6 aromatic rings. The zero-order chi connectivity index (χ0) is 21.9. The van der Waals surface area contributed by atoms with Gasteiger partial charge in [-0.15, -0.1) is 0 Å². The predicted molar refractivity (Wildman–Crippen MR) is 122 cm³/mol. The fraction of sp³-hybridized carbons (Fsp3) is 0.0417. The minimum absolute atomic E-state index is 0.0813. The molecule has 8 heteroatoms. The summed E-state index contributed by atoms with van der Waals surface area (Å²) in [6, 6.07) is 23.6. The molecule has 0 spiro atoms. The molecule has 0 amide bonds. The first-order valence-corrected chi connectivity index (χ1v) is 11.5. The van der Waals surface area contributed by atoms with Gasteiger partial charge in [0.1, 0.15) is 10.6 Å². The summed E-state index contributed by atoms with van der Waals surface area (Å²) >= 11 is 0. The third-order valence-electron chi connectivity index (χ3n) is 5.61. The van der Waals surface area contributed by atoms with E-state index in [1.807, 2.05) is 60.1 Å². The molecule has 0 aliphatic carbocycles. The van der Waals surface area contributed by atoms with Gasteiger partial charge in [0.05, 0.1) is 27.0 Å². The average molecular weight is 440 g/mol. The number of fused-ring (bicyclic) bond motifs is 4. The zero-order valence-electron chi connectivity index (χ0n) is 17.0. The van der Waals surface area contributed by atoms with Crippen LogP contribution in [-0.4, -0.2) is 32.3 Å². The molecule has 0 aliphatic rings. The molecule has 0 saturated heterocycles. The van der Waals surface area contributed by atoms with Crippen molar-refractivity contribution in [3.8, 4) is 11.5 Å². The molecular weight excluding hydrogens is 422 g/mol. The molecule has 0 bridgehead atoms. The van der Waals surface area contributed by atoms with Crippen LogP contribution in [0, 0.1) is 0 Å². The lowest BCUT2D eigenvalue weighted by atomic mass is 10.3. The number of aryl methyl sites for hydroxylation is 1. The van der Waals surface area contributed by atoms with E-state index in [2.05, 4.69) is 4.98 Å². The smallest absolute Gasteiger partial charge is 0.235 e. The number of para-hydroxylation sites is 4. The first kappa shape index (κ1) is 18.7. The van der Waals surface area contributed by atoms with Gasteiger partial charge in [0, 0.05) is 13.2 Å². The van der Waals surface area contributed by atoms with Crippen molar-refractivity contribution in [2.24, 2.45) is 7.05 Å². The molecule has 3 heterocycles. The monoisotopic (exact) mass is 439 g/mol. The molecule has 6 rings (SSSR count). The van der Waals surface area contributed by atoms with Gasteiger partial charge in [0.25, 0.3) is 0 Å². The van der Waals surface area contributed by atoms with E-state index in [0.717, 1.165) is 22.1 Å². The summed E-state index contributed by atoms with van der Waals surface area (Å²) in [5.74, 6) is 0.885. The molecule has 7 nitrogen and oxygen atoms in total. The van der Waals surface area contributed by atoms with Crippen LogP contribution in [0.5, 0.6) is 0 Å². The van der Waals surface area contributed by atoms with E-state index in [-0.39, 0.29) is 15.5 Å². The van der Waals surface area contributed by atoms with Crippen molar-refractivity contribution in [2.45, 2.75) is 9.79 Å².